The molecule has 2 aromatic carbocycles. The largest absolute Gasteiger partial charge is 0.474 e. The maximum atomic E-state index is 7.45. The highest BCUT2D eigenvalue weighted by Crippen LogP contribution is 2.27. The van der Waals surface area contributed by atoms with E-state index in [2.05, 4.69) is 71.6 Å². The highest BCUT2D eigenvalue weighted by Gasteiger charge is 2.28. The van der Waals surface area contributed by atoms with Gasteiger partial charge < -0.3 is 4.74 Å². The van der Waals surface area contributed by atoms with Gasteiger partial charge >= 0.3 is 0 Å². The Morgan fingerprint density at radius 1 is 0.735 bits per heavy atom. The zero-order chi connectivity index (χ0) is 24.5. The average Bonchev–Trinajstić information content (AvgIpc) is 2.82. The van der Waals surface area contributed by atoms with Crippen LogP contribution in [0.15, 0.2) is 72.8 Å². The van der Waals surface area contributed by atoms with Gasteiger partial charge in [0.1, 0.15) is 6.61 Å². The quantitative estimate of drug-likeness (QED) is 0.0785. The number of nitrogens with one attached hydrogen (secondary N) is 1. The summed E-state index contributed by atoms with van der Waals surface area (Å²) in [4.78, 5) is 2.57. The molecule has 0 heterocycles. The zero-order valence-corrected chi connectivity index (χ0v) is 22.2. The van der Waals surface area contributed by atoms with Gasteiger partial charge in [-0.25, -0.2) is 0 Å². The van der Waals surface area contributed by atoms with Crippen molar-refractivity contribution in [1.82, 2.24) is 4.90 Å². The van der Waals surface area contributed by atoms with Crippen LogP contribution in [0, 0.1) is 5.41 Å². The van der Waals surface area contributed by atoms with Crippen molar-refractivity contribution in [1.29, 1.82) is 5.41 Å². The van der Waals surface area contributed by atoms with Gasteiger partial charge in [0.15, 0.2) is 0 Å². The zero-order valence-electron chi connectivity index (χ0n) is 19.9. The fraction of sp³-hybridized carbons (Fsp3) is 0.464. The maximum absolute atomic E-state index is 7.45. The molecule has 0 bridgehead atoms. The third kappa shape index (κ3) is 13.4. The number of hydrogen-bond acceptors (Lipinski definition) is 3. The predicted octanol–water partition coefficient (Wildman–Crippen LogP) is 8.73. The van der Waals surface area contributed by atoms with Crippen LogP contribution in [0.1, 0.15) is 62.5 Å². The van der Waals surface area contributed by atoms with E-state index in [-0.39, 0.29) is 12.5 Å². The van der Waals surface area contributed by atoms with Gasteiger partial charge in [0.25, 0.3) is 3.79 Å². The lowest BCUT2D eigenvalue weighted by molar-refractivity contribution is 0.250. The van der Waals surface area contributed by atoms with E-state index >= 15 is 0 Å². The smallest absolute Gasteiger partial charge is 0.265 e. The molecule has 0 amide bonds. The van der Waals surface area contributed by atoms with Crippen LogP contribution in [0.5, 0.6) is 0 Å². The minimum Gasteiger partial charge on any atom is -0.474 e. The summed E-state index contributed by atoms with van der Waals surface area (Å²) in [5.41, 5.74) is 2.75. The number of unbranched alkanes of at least 4 members (excludes halogenated alkanes) is 7. The Balaban J connectivity index is 1.53. The number of hydrogen-bond donors (Lipinski definition) is 1. The van der Waals surface area contributed by atoms with Crippen LogP contribution in [0.2, 0.25) is 0 Å². The molecule has 0 aliphatic heterocycles. The molecule has 2 aromatic rings. The predicted molar refractivity (Wildman–Crippen MR) is 147 cm³/mol. The molecule has 1 N–H and O–H groups in total. The Hall–Kier alpha value is -1.52. The summed E-state index contributed by atoms with van der Waals surface area (Å²) in [6, 6.07) is 21.5. The molecule has 0 saturated carbocycles. The van der Waals surface area contributed by atoms with Crippen LogP contribution in [0.4, 0.5) is 0 Å². The molecule has 186 valence electrons. The molecule has 0 atom stereocenters. The SMILES string of the molecule is N=C(OC/C=C/CCCCCCCCCN(Cc1ccccc1)Cc1ccccc1)C(Cl)(Cl)Cl. The maximum Gasteiger partial charge on any atom is 0.265 e. The molecular formula is C28H37Cl3N2O. The van der Waals surface area contributed by atoms with Crippen molar-refractivity contribution in [2.24, 2.45) is 0 Å². The molecule has 6 heteroatoms. The van der Waals surface area contributed by atoms with Gasteiger partial charge in [0, 0.05) is 13.1 Å². The molecule has 0 saturated heterocycles. The number of rotatable bonds is 16. The first-order valence-corrected chi connectivity index (χ1v) is 13.3. The molecule has 0 aromatic heterocycles. The lowest BCUT2D eigenvalue weighted by atomic mass is 10.1. The van der Waals surface area contributed by atoms with E-state index in [1.54, 1.807) is 0 Å². The highest BCUT2D eigenvalue weighted by atomic mass is 35.6. The Bertz CT molecular complexity index is 781. The lowest BCUT2D eigenvalue weighted by Crippen LogP contribution is -2.24. The minimum atomic E-state index is -1.78. The molecule has 0 spiro atoms. The second-order valence-electron chi connectivity index (χ2n) is 8.55. The van der Waals surface area contributed by atoms with E-state index in [0.717, 1.165) is 26.1 Å². The van der Waals surface area contributed by atoms with E-state index < -0.39 is 3.79 Å². The summed E-state index contributed by atoms with van der Waals surface area (Å²) in [7, 11) is 0. The van der Waals surface area contributed by atoms with Gasteiger partial charge in [0.2, 0.25) is 5.90 Å². The molecule has 0 fully saturated rings. The fourth-order valence-electron chi connectivity index (χ4n) is 3.78. The van der Waals surface area contributed by atoms with Crippen LogP contribution in [-0.2, 0) is 17.8 Å². The third-order valence-corrected chi connectivity index (χ3v) is 6.11. The Morgan fingerprint density at radius 2 is 1.24 bits per heavy atom. The number of ether oxygens (including phenoxy) is 1. The van der Waals surface area contributed by atoms with Crippen LogP contribution in [-0.4, -0.2) is 27.7 Å². The molecule has 3 nitrogen and oxygen atoms in total. The molecule has 0 aliphatic carbocycles. The fourth-order valence-corrected chi connectivity index (χ4v) is 3.94. The van der Waals surface area contributed by atoms with E-state index in [4.69, 9.17) is 44.9 Å². The molecule has 2 rings (SSSR count). The number of nitrogens with zero attached hydrogens (tertiary/aromatic N) is 1. The second-order valence-corrected chi connectivity index (χ2v) is 10.8. The Labute approximate surface area is 220 Å². The minimum absolute atomic E-state index is 0.262. The van der Waals surface area contributed by atoms with E-state index in [1.807, 2.05) is 6.08 Å². The van der Waals surface area contributed by atoms with Gasteiger partial charge in [-0.15, -0.1) is 0 Å². The van der Waals surface area contributed by atoms with Crippen LogP contribution in [0.25, 0.3) is 0 Å². The average molecular weight is 524 g/mol. The summed E-state index contributed by atoms with van der Waals surface area (Å²) >= 11 is 16.7. The van der Waals surface area contributed by atoms with E-state index in [0.29, 0.717) is 0 Å². The first-order chi connectivity index (χ1) is 16.4. The molecule has 34 heavy (non-hydrogen) atoms. The van der Waals surface area contributed by atoms with Crippen molar-refractivity contribution < 1.29 is 4.74 Å². The van der Waals surface area contributed by atoms with Crippen LogP contribution in [0.3, 0.4) is 0 Å². The second kappa shape index (κ2) is 17.0. The first-order valence-electron chi connectivity index (χ1n) is 12.2. The van der Waals surface area contributed by atoms with E-state index in [1.165, 1.54) is 56.1 Å². The molecule has 0 unspecified atom stereocenters. The number of benzene rings is 2. The van der Waals surface area contributed by atoms with Gasteiger partial charge in [-0.2, -0.15) is 0 Å². The normalized spacial score (nSPS) is 11.9. The summed E-state index contributed by atoms with van der Waals surface area (Å²) < 4.78 is 3.29. The Kier molecular flexibility index (Phi) is 14.4. The highest BCUT2D eigenvalue weighted by molar-refractivity contribution is 6.76. The van der Waals surface area contributed by atoms with Crippen molar-refractivity contribution in [2.45, 2.75) is 68.2 Å². The summed E-state index contributed by atoms with van der Waals surface area (Å²) in [6.07, 6.45) is 13.8. The summed E-state index contributed by atoms with van der Waals surface area (Å²) in [6.45, 7) is 3.39. The van der Waals surface area contributed by atoms with Gasteiger partial charge in [-0.3, -0.25) is 10.3 Å². The summed E-state index contributed by atoms with van der Waals surface area (Å²) in [5.74, 6) is -0.342. The summed E-state index contributed by atoms with van der Waals surface area (Å²) in [5, 5.41) is 7.45. The van der Waals surface area contributed by atoms with Gasteiger partial charge in [-0.05, 0) is 36.9 Å². The van der Waals surface area contributed by atoms with Crippen LogP contribution >= 0.6 is 34.8 Å². The lowest BCUT2D eigenvalue weighted by Gasteiger charge is -2.22. The third-order valence-electron chi connectivity index (χ3n) is 5.59. The molecule has 0 radical (unpaired) electrons. The molecule has 0 aliphatic rings. The number of alkyl halides is 3. The van der Waals surface area contributed by atoms with Gasteiger partial charge in [0.05, 0.1) is 0 Å². The Morgan fingerprint density at radius 3 is 1.76 bits per heavy atom. The van der Waals surface area contributed by atoms with Crippen molar-refractivity contribution >= 4 is 40.7 Å². The van der Waals surface area contributed by atoms with E-state index in [9.17, 15) is 0 Å². The van der Waals surface area contributed by atoms with Gasteiger partial charge in [-0.1, -0.05) is 140 Å². The van der Waals surface area contributed by atoms with Crippen molar-refractivity contribution in [3.63, 3.8) is 0 Å². The molecular weight excluding hydrogens is 487 g/mol. The number of halogens is 3. The number of allylic oxidation sites excluding steroid dienone is 1. The van der Waals surface area contributed by atoms with Crippen molar-refractivity contribution in [3.05, 3.63) is 83.9 Å². The van der Waals surface area contributed by atoms with Crippen LogP contribution < -0.4 is 0 Å². The monoisotopic (exact) mass is 522 g/mol. The first kappa shape index (κ1) is 28.7. The topological polar surface area (TPSA) is 36.3 Å². The van der Waals surface area contributed by atoms with Crippen molar-refractivity contribution in [3.8, 4) is 0 Å². The van der Waals surface area contributed by atoms with Crippen molar-refractivity contribution in [2.75, 3.05) is 13.2 Å². The standard InChI is InChI=1S/C28H37Cl3N2O/c29-28(30,31)27(32)34-22-16-8-6-4-2-1-3-5-7-15-21-33(23-25-17-11-9-12-18-25)24-26-19-13-10-14-20-26/h8-14,16-20,32H,1-7,15,21-24H2/b16-8+,32-27?.